The van der Waals surface area contributed by atoms with E-state index in [1.54, 1.807) is 24.3 Å². The van der Waals surface area contributed by atoms with Crippen LogP contribution in [0.5, 0.6) is 0 Å². The van der Waals surface area contributed by atoms with E-state index >= 15 is 0 Å². The number of hydrogen-bond acceptors (Lipinski definition) is 6. The first-order chi connectivity index (χ1) is 17.2. The Morgan fingerprint density at radius 1 is 1.03 bits per heavy atom. The monoisotopic (exact) mass is 490 g/mol. The minimum atomic E-state index is -1.43. The van der Waals surface area contributed by atoms with Crippen LogP contribution in [0.1, 0.15) is 32.7 Å². The zero-order valence-corrected chi connectivity index (χ0v) is 18.9. The van der Waals surface area contributed by atoms with E-state index in [0.29, 0.717) is 10.7 Å². The Morgan fingerprint density at radius 3 is 2.36 bits per heavy atom. The summed E-state index contributed by atoms with van der Waals surface area (Å²) < 4.78 is 13.8. The van der Waals surface area contributed by atoms with Crippen molar-refractivity contribution in [3.63, 3.8) is 0 Å². The van der Waals surface area contributed by atoms with Crippen molar-refractivity contribution >= 4 is 35.0 Å². The van der Waals surface area contributed by atoms with E-state index in [-0.39, 0.29) is 16.8 Å². The molecule has 1 saturated heterocycles. The molecule has 0 aromatic heterocycles. The molecule has 4 amide bonds. The second-order valence-electron chi connectivity index (χ2n) is 8.06. The summed E-state index contributed by atoms with van der Waals surface area (Å²) >= 11 is 0. The molecule has 10 nitrogen and oxygen atoms in total. The molecule has 182 valence electrons. The summed E-state index contributed by atoms with van der Waals surface area (Å²) in [5.74, 6) is -3.97. The zero-order chi connectivity index (χ0) is 26.0. The molecule has 3 aromatic rings. The van der Waals surface area contributed by atoms with Crippen molar-refractivity contribution < 1.29 is 28.5 Å². The van der Waals surface area contributed by atoms with E-state index in [9.17, 15) is 33.7 Å². The van der Waals surface area contributed by atoms with Gasteiger partial charge in [0.15, 0.2) is 0 Å². The van der Waals surface area contributed by atoms with Gasteiger partial charge in [-0.15, -0.1) is 0 Å². The number of aryl methyl sites for hydroxylation is 1. The Balaban J connectivity index is 1.69. The number of benzene rings is 3. The summed E-state index contributed by atoms with van der Waals surface area (Å²) in [6, 6.07) is 14.5. The van der Waals surface area contributed by atoms with Crippen LogP contribution in [0.3, 0.4) is 0 Å². The number of hydrazine groups is 1. The number of halogens is 1. The summed E-state index contributed by atoms with van der Waals surface area (Å²) in [4.78, 5) is 63.7. The minimum Gasteiger partial charge on any atom is -0.274 e. The number of hydrogen-bond donors (Lipinski definition) is 1. The molecular weight excluding hydrogens is 471 g/mol. The van der Waals surface area contributed by atoms with Gasteiger partial charge in [0.25, 0.3) is 23.4 Å². The zero-order valence-electron chi connectivity index (χ0n) is 18.9. The van der Waals surface area contributed by atoms with Crippen molar-refractivity contribution in [2.24, 2.45) is 0 Å². The van der Waals surface area contributed by atoms with Gasteiger partial charge in [-0.3, -0.25) is 34.7 Å². The maximum atomic E-state index is 13.8. The summed E-state index contributed by atoms with van der Waals surface area (Å²) in [5.41, 5.74) is 2.79. The van der Waals surface area contributed by atoms with Gasteiger partial charge in [0, 0.05) is 23.3 Å². The van der Waals surface area contributed by atoms with Gasteiger partial charge in [-0.1, -0.05) is 29.8 Å². The Morgan fingerprint density at radius 2 is 1.69 bits per heavy atom. The molecular formula is C25H19FN4O6. The number of amides is 4. The number of imide groups is 1. The lowest BCUT2D eigenvalue weighted by Gasteiger charge is -2.28. The number of carbonyl (C=O) groups is 4. The van der Waals surface area contributed by atoms with Gasteiger partial charge in [-0.25, -0.2) is 14.3 Å². The molecule has 1 heterocycles. The molecule has 0 aliphatic carbocycles. The maximum Gasteiger partial charge on any atom is 0.273 e. The second kappa shape index (κ2) is 9.74. The largest absolute Gasteiger partial charge is 0.274 e. The van der Waals surface area contributed by atoms with Crippen LogP contribution in [0.4, 0.5) is 15.8 Å². The molecule has 36 heavy (non-hydrogen) atoms. The van der Waals surface area contributed by atoms with Crippen molar-refractivity contribution in [3.05, 3.63) is 105 Å². The molecule has 1 atom stereocenters. The highest BCUT2D eigenvalue weighted by Gasteiger charge is 2.45. The first-order valence-corrected chi connectivity index (χ1v) is 10.7. The van der Waals surface area contributed by atoms with Gasteiger partial charge < -0.3 is 0 Å². The summed E-state index contributed by atoms with van der Waals surface area (Å²) in [6.07, 6.45) is -0.441. The lowest BCUT2D eigenvalue weighted by atomic mass is 10.1. The second-order valence-corrected chi connectivity index (χ2v) is 8.06. The van der Waals surface area contributed by atoms with Crippen LogP contribution < -0.4 is 10.3 Å². The average Bonchev–Trinajstić information content (AvgIpc) is 3.16. The maximum absolute atomic E-state index is 13.8. The van der Waals surface area contributed by atoms with Crippen molar-refractivity contribution in [2.75, 3.05) is 4.90 Å². The molecule has 11 heteroatoms. The van der Waals surface area contributed by atoms with Gasteiger partial charge >= 0.3 is 0 Å². The fourth-order valence-corrected chi connectivity index (χ4v) is 3.75. The van der Waals surface area contributed by atoms with E-state index in [4.69, 9.17) is 0 Å². The van der Waals surface area contributed by atoms with Gasteiger partial charge in [-0.2, -0.15) is 0 Å². The van der Waals surface area contributed by atoms with E-state index in [1.807, 2.05) is 6.92 Å². The Bertz CT molecular complexity index is 1390. The van der Waals surface area contributed by atoms with Crippen molar-refractivity contribution in [2.45, 2.75) is 19.4 Å². The molecule has 1 aliphatic rings. The van der Waals surface area contributed by atoms with Crippen molar-refractivity contribution in [1.82, 2.24) is 10.4 Å². The third-order valence-electron chi connectivity index (χ3n) is 5.56. The number of nitro groups is 1. The quantitative estimate of drug-likeness (QED) is 0.332. The number of rotatable bonds is 5. The molecule has 0 saturated carbocycles. The molecule has 3 aromatic carbocycles. The highest BCUT2D eigenvalue weighted by atomic mass is 19.1. The predicted octanol–water partition coefficient (Wildman–Crippen LogP) is 3.16. The molecule has 0 spiro atoms. The SMILES string of the molecule is Cc1ccc(N2C(=O)CC(N(NC(=O)c3cccc([N+](=O)[O-])c3)C(=O)c3cccc(F)c3)C2=O)cc1. The fourth-order valence-electron chi connectivity index (χ4n) is 3.75. The highest BCUT2D eigenvalue weighted by molar-refractivity contribution is 6.23. The Hall–Kier alpha value is -4.93. The van der Waals surface area contributed by atoms with Crippen LogP contribution in [0.15, 0.2) is 72.8 Å². The van der Waals surface area contributed by atoms with Crippen LogP contribution in [-0.2, 0) is 9.59 Å². The molecule has 1 N–H and O–H groups in total. The van der Waals surface area contributed by atoms with E-state index < -0.39 is 46.8 Å². The molecule has 4 rings (SSSR count). The topological polar surface area (TPSA) is 130 Å². The number of nitrogens with one attached hydrogen (secondary N) is 1. The summed E-state index contributed by atoms with van der Waals surface area (Å²) in [6.45, 7) is 1.84. The fraction of sp³-hybridized carbons (Fsp3) is 0.120. The number of carbonyl (C=O) groups excluding carboxylic acids is 4. The van der Waals surface area contributed by atoms with E-state index in [0.717, 1.165) is 28.7 Å². The van der Waals surface area contributed by atoms with Crippen LogP contribution in [0, 0.1) is 22.9 Å². The van der Waals surface area contributed by atoms with Crippen LogP contribution in [-0.4, -0.2) is 39.6 Å². The lowest BCUT2D eigenvalue weighted by Crippen LogP contribution is -2.54. The lowest BCUT2D eigenvalue weighted by molar-refractivity contribution is -0.384. The number of nitro benzene ring substituents is 1. The Kier molecular flexibility index (Phi) is 6.55. The van der Waals surface area contributed by atoms with E-state index in [2.05, 4.69) is 5.43 Å². The third-order valence-corrected chi connectivity index (χ3v) is 5.56. The number of non-ortho nitro benzene ring substituents is 1. The normalized spacial score (nSPS) is 15.1. The summed E-state index contributed by atoms with van der Waals surface area (Å²) in [5, 5.41) is 11.8. The van der Waals surface area contributed by atoms with Crippen LogP contribution >= 0.6 is 0 Å². The van der Waals surface area contributed by atoms with Crippen LogP contribution in [0.25, 0.3) is 0 Å². The van der Waals surface area contributed by atoms with Gasteiger partial charge in [0.1, 0.15) is 11.9 Å². The van der Waals surface area contributed by atoms with Crippen LogP contribution in [0.2, 0.25) is 0 Å². The summed E-state index contributed by atoms with van der Waals surface area (Å²) in [7, 11) is 0. The smallest absolute Gasteiger partial charge is 0.273 e. The first kappa shape index (κ1) is 24.2. The molecule has 0 radical (unpaired) electrons. The molecule has 1 fully saturated rings. The van der Waals surface area contributed by atoms with Crippen molar-refractivity contribution in [1.29, 1.82) is 0 Å². The molecule has 1 unspecified atom stereocenters. The average molecular weight is 490 g/mol. The number of nitrogens with zero attached hydrogens (tertiary/aromatic N) is 3. The van der Waals surface area contributed by atoms with Crippen molar-refractivity contribution in [3.8, 4) is 0 Å². The minimum absolute atomic E-state index is 0.159. The standard InChI is InChI=1S/C25H19FN4O6/c1-15-8-10-19(11-9-15)28-22(31)14-21(25(28)34)29(24(33)17-5-2-6-18(26)12-17)27-23(32)16-4-3-7-20(13-16)30(35)36/h2-13,21H,14H2,1H3,(H,27,32). The molecule has 0 bridgehead atoms. The first-order valence-electron chi connectivity index (χ1n) is 10.7. The number of anilines is 1. The van der Waals surface area contributed by atoms with Gasteiger partial charge in [-0.05, 0) is 43.3 Å². The molecule has 1 aliphatic heterocycles. The Labute approximate surface area is 204 Å². The predicted molar refractivity (Wildman–Crippen MR) is 125 cm³/mol. The third kappa shape index (κ3) is 4.80. The van der Waals surface area contributed by atoms with Gasteiger partial charge in [0.05, 0.1) is 17.0 Å². The van der Waals surface area contributed by atoms with Gasteiger partial charge in [0.2, 0.25) is 5.91 Å². The van der Waals surface area contributed by atoms with E-state index in [1.165, 1.54) is 30.3 Å². The highest BCUT2D eigenvalue weighted by Crippen LogP contribution is 2.26.